The molecule has 0 amide bonds. The van der Waals surface area contributed by atoms with Gasteiger partial charge in [-0.2, -0.15) is 11.8 Å². The van der Waals surface area contributed by atoms with Crippen molar-refractivity contribution in [2.45, 2.75) is 19.1 Å². The lowest BCUT2D eigenvalue weighted by atomic mass is 10.3. The first-order valence-corrected chi connectivity index (χ1v) is 5.82. The average molecular weight is 230 g/mol. The third-order valence-corrected chi connectivity index (χ3v) is 3.03. The normalized spacial score (nSPS) is 10.5. The van der Waals surface area contributed by atoms with Crippen molar-refractivity contribution in [2.75, 3.05) is 12.4 Å². The van der Waals surface area contributed by atoms with Gasteiger partial charge in [0.15, 0.2) is 0 Å². The summed E-state index contributed by atoms with van der Waals surface area (Å²) in [5.41, 5.74) is 0.912. The second-order valence-electron chi connectivity index (χ2n) is 3.13. The molecule has 15 heavy (non-hydrogen) atoms. The van der Waals surface area contributed by atoms with Gasteiger partial charge in [0, 0.05) is 17.9 Å². The molecule has 1 heterocycles. The van der Waals surface area contributed by atoms with Crippen molar-refractivity contribution in [3.8, 4) is 0 Å². The lowest BCUT2D eigenvalue weighted by Crippen LogP contribution is -1.92. The molecule has 1 aromatic heterocycles. The van der Waals surface area contributed by atoms with Gasteiger partial charge in [-0.1, -0.05) is 0 Å². The van der Waals surface area contributed by atoms with Crippen LogP contribution in [0.3, 0.4) is 0 Å². The summed E-state index contributed by atoms with van der Waals surface area (Å²) in [7, 11) is 0. The Morgan fingerprint density at radius 1 is 1.60 bits per heavy atom. The van der Waals surface area contributed by atoms with Crippen LogP contribution in [-0.4, -0.2) is 28.5 Å². The fraction of sp³-hybridized carbons (Fsp3) is 0.500. The number of hydrogen-bond acceptors (Lipinski definition) is 4. The molecule has 0 radical (unpaired) electrons. The predicted molar refractivity (Wildman–Crippen MR) is 58.3 cm³/mol. The first-order chi connectivity index (χ1) is 7.15. The van der Waals surface area contributed by atoms with Crippen molar-refractivity contribution in [3.63, 3.8) is 0 Å². The van der Waals surface area contributed by atoms with Gasteiger partial charge in [-0.3, -0.25) is 0 Å². The Balaban J connectivity index is 2.50. The van der Waals surface area contributed by atoms with E-state index in [9.17, 15) is 4.79 Å². The van der Waals surface area contributed by atoms with E-state index in [1.54, 1.807) is 24.8 Å². The summed E-state index contributed by atoms with van der Waals surface area (Å²) in [5.74, 6) is 1.20. The standard InChI is InChI=1S/C10H14O4S/c1-7-8(6-15-4-2-3-11)5-9(14-7)10(12)13/h5,11H,2-4,6H2,1H3,(H,12,13). The summed E-state index contributed by atoms with van der Waals surface area (Å²) >= 11 is 1.66. The maximum atomic E-state index is 10.6. The lowest BCUT2D eigenvalue weighted by Gasteiger charge is -1.97. The maximum absolute atomic E-state index is 10.6. The predicted octanol–water partition coefficient (Wildman–Crippen LogP) is 1.90. The topological polar surface area (TPSA) is 70.7 Å². The van der Waals surface area contributed by atoms with Gasteiger partial charge in [-0.05, 0) is 25.2 Å². The van der Waals surface area contributed by atoms with Crippen LogP contribution >= 0.6 is 11.8 Å². The van der Waals surface area contributed by atoms with Crippen LogP contribution in [0.15, 0.2) is 10.5 Å². The summed E-state index contributed by atoms with van der Waals surface area (Å²) in [6.45, 7) is 1.95. The second kappa shape index (κ2) is 5.82. The van der Waals surface area contributed by atoms with Gasteiger partial charge in [0.05, 0.1) is 0 Å². The zero-order valence-corrected chi connectivity index (χ0v) is 9.34. The number of thioether (sulfide) groups is 1. The highest BCUT2D eigenvalue weighted by Crippen LogP contribution is 2.20. The molecular formula is C10H14O4S. The molecule has 4 nitrogen and oxygen atoms in total. The van der Waals surface area contributed by atoms with Gasteiger partial charge < -0.3 is 14.6 Å². The van der Waals surface area contributed by atoms with Crippen LogP contribution in [0.4, 0.5) is 0 Å². The van der Waals surface area contributed by atoms with Crippen molar-refractivity contribution >= 4 is 17.7 Å². The molecule has 0 saturated carbocycles. The average Bonchev–Trinajstić information content (AvgIpc) is 2.55. The van der Waals surface area contributed by atoms with Crippen LogP contribution in [0.25, 0.3) is 0 Å². The van der Waals surface area contributed by atoms with Crippen LogP contribution in [0.5, 0.6) is 0 Å². The van der Waals surface area contributed by atoms with Crippen molar-refractivity contribution in [1.82, 2.24) is 0 Å². The number of aromatic carboxylic acids is 1. The molecule has 0 aliphatic carbocycles. The monoisotopic (exact) mass is 230 g/mol. The molecule has 0 aromatic carbocycles. The van der Waals surface area contributed by atoms with Crippen molar-refractivity contribution in [2.24, 2.45) is 0 Å². The molecule has 1 rings (SSSR count). The SMILES string of the molecule is Cc1oc(C(=O)O)cc1CSCCCO. The summed E-state index contributed by atoms with van der Waals surface area (Å²) < 4.78 is 5.07. The minimum absolute atomic E-state index is 0.00902. The minimum atomic E-state index is -1.04. The van der Waals surface area contributed by atoms with Crippen LogP contribution in [0.2, 0.25) is 0 Å². The van der Waals surface area contributed by atoms with E-state index in [0.29, 0.717) is 5.76 Å². The summed E-state index contributed by atoms with van der Waals surface area (Å²) in [6, 6.07) is 1.56. The van der Waals surface area contributed by atoms with E-state index in [0.717, 1.165) is 23.5 Å². The highest BCUT2D eigenvalue weighted by Gasteiger charge is 2.12. The number of carboxylic acids is 1. The number of aliphatic hydroxyl groups is 1. The van der Waals surface area contributed by atoms with Gasteiger partial charge in [0.25, 0.3) is 0 Å². The number of furan rings is 1. The van der Waals surface area contributed by atoms with E-state index in [4.69, 9.17) is 14.6 Å². The molecule has 5 heteroatoms. The lowest BCUT2D eigenvalue weighted by molar-refractivity contribution is 0.0661. The van der Waals surface area contributed by atoms with E-state index in [-0.39, 0.29) is 12.4 Å². The fourth-order valence-corrected chi connectivity index (χ4v) is 2.10. The van der Waals surface area contributed by atoms with Crippen molar-refractivity contribution in [1.29, 1.82) is 0 Å². The first kappa shape index (κ1) is 12.1. The molecule has 84 valence electrons. The molecule has 0 unspecified atom stereocenters. The van der Waals surface area contributed by atoms with E-state index >= 15 is 0 Å². The Kier molecular flexibility index (Phi) is 4.71. The van der Waals surface area contributed by atoms with Gasteiger partial charge in [-0.15, -0.1) is 0 Å². The summed E-state index contributed by atoms with van der Waals surface area (Å²) in [5, 5.41) is 17.3. The smallest absolute Gasteiger partial charge is 0.371 e. The molecule has 0 aliphatic rings. The maximum Gasteiger partial charge on any atom is 0.371 e. The minimum Gasteiger partial charge on any atom is -0.475 e. The highest BCUT2D eigenvalue weighted by atomic mass is 32.2. The Morgan fingerprint density at radius 3 is 2.87 bits per heavy atom. The van der Waals surface area contributed by atoms with Crippen LogP contribution in [0, 0.1) is 6.92 Å². The number of carbonyl (C=O) groups is 1. The molecule has 0 saturated heterocycles. The molecule has 1 aromatic rings. The van der Waals surface area contributed by atoms with Gasteiger partial charge >= 0.3 is 5.97 Å². The number of rotatable bonds is 6. The van der Waals surface area contributed by atoms with E-state index in [1.165, 1.54) is 0 Å². The summed E-state index contributed by atoms with van der Waals surface area (Å²) in [4.78, 5) is 10.6. The second-order valence-corrected chi connectivity index (χ2v) is 4.23. The third-order valence-electron chi connectivity index (χ3n) is 1.94. The zero-order chi connectivity index (χ0) is 11.3. The molecule has 0 spiro atoms. The van der Waals surface area contributed by atoms with E-state index < -0.39 is 5.97 Å². The largest absolute Gasteiger partial charge is 0.475 e. The highest BCUT2D eigenvalue weighted by molar-refractivity contribution is 7.98. The van der Waals surface area contributed by atoms with Gasteiger partial charge in [0.2, 0.25) is 5.76 Å². The van der Waals surface area contributed by atoms with Crippen LogP contribution < -0.4 is 0 Å². The molecule has 0 atom stereocenters. The summed E-state index contributed by atoms with van der Waals surface area (Å²) in [6.07, 6.45) is 0.757. The van der Waals surface area contributed by atoms with Gasteiger partial charge in [-0.25, -0.2) is 4.79 Å². The van der Waals surface area contributed by atoms with Crippen LogP contribution in [0.1, 0.15) is 28.3 Å². The molecule has 0 aliphatic heterocycles. The van der Waals surface area contributed by atoms with Crippen molar-refractivity contribution < 1.29 is 19.4 Å². The quantitative estimate of drug-likeness (QED) is 0.730. The Bertz CT molecular complexity index is 332. The molecule has 0 fully saturated rings. The fourth-order valence-electron chi connectivity index (χ4n) is 1.12. The van der Waals surface area contributed by atoms with Crippen molar-refractivity contribution in [3.05, 3.63) is 23.2 Å². The molecule has 2 N–H and O–H groups in total. The van der Waals surface area contributed by atoms with E-state index in [1.807, 2.05) is 0 Å². The van der Waals surface area contributed by atoms with E-state index in [2.05, 4.69) is 0 Å². The van der Waals surface area contributed by atoms with Crippen LogP contribution in [-0.2, 0) is 5.75 Å². The number of hydrogen-bond donors (Lipinski definition) is 2. The van der Waals surface area contributed by atoms with Gasteiger partial charge in [0.1, 0.15) is 5.76 Å². The third kappa shape index (κ3) is 3.60. The zero-order valence-electron chi connectivity index (χ0n) is 8.52. The Hall–Kier alpha value is -0.940. The number of aryl methyl sites for hydroxylation is 1. The Morgan fingerprint density at radius 2 is 2.33 bits per heavy atom. The first-order valence-electron chi connectivity index (χ1n) is 4.66. The number of aliphatic hydroxyl groups excluding tert-OH is 1. The molecule has 0 bridgehead atoms. The molecular weight excluding hydrogens is 216 g/mol. The Labute approximate surface area is 92.3 Å². The number of carboxylic acid groups (broad SMARTS) is 1.